The second-order valence-corrected chi connectivity index (χ2v) is 5.12. The number of aromatic nitrogens is 2. The number of carbonyl (C=O) groups excluding carboxylic acids is 1. The van der Waals surface area contributed by atoms with Crippen LogP contribution in [-0.4, -0.2) is 15.8 Å². The summed E-state index contributed by atoms with van der Waals surface area (Å²) in [4.78, 5) is 19.5. The van der Waals surface area contributed by atoms with Crippen LogP contribution in [0, 0.1) is 5.92 Å². The van der Waals surface area contributed by atoms with Gasteiger partial charge in [-0.25, -0.2) is 9.97 Å². The molecule has 0 saturated heterocycles. The van der Waals surface area contributed by atoms with E-state index in [0.29, 0.717) is 5.92 Å². The molecule has 1 heterocycles. The molecule has 2 rings (SSSR count). The third-order valence-electron chi connectivity index (χ3n) is 2.86. The van der Waals surface area contributed by atoms with E-state index in [1.807, 2.05) is 18.2 Å². The van der Waals surface area contributed by atoms with Crippen molar-refractivity contribution in [2.24, 2.45) is 5.92 Å². The molecule has 0 saturated carbocycles. The Hall–Kier alpha value is -2.03. The first-order valence-electron chi connectivity index (χ1n) is 6.49. The molecule has 0 bridgehead atoms. The highest BCUT2D eigenvalue weighted by Gasteiger charge is 2.06. The summed E-state index contributed by atoms with van der Waals surface area (Å²) in [6, 6.07) is 10.1. The van der Waals surface area contributed by atoms with Gasteiger partial charge in [0.1, 0.15) is 0 Å². The summed E-state index contributed by atoms with van der Waals surface area (Å²) in [5, 5.41) is 0. The molecule has 0 radical (unpaired) electrons. The molecular weight excluding hydrogens is 236 g/mol. The van der Waals surface area contributed by atoms with Crippen molar-refractivity contribution < 1.29 is 4.79 Å². The van der Waals surface area contributed by atoms with Gasteiger partial charge in [-0.3, -0.25) is 4.79 Å². The van der Waals surface area contributed by atoms with E-state index in [1.165, 1.54) is 12.5 Å². The molecule has 98 valence electrons. The quantitative estimate of drug-likeness (QED) is 0.784. The average molecular weight is 254 g/mol. The Balaban J connectivity index is 2.27. The molecule has 1 aromatic heterocycles. The van der Waals surface area contributed by atoms with E-state index in [9.17, 15) is 4.79 Å². The Morgan fingerprint density at radius 1 is 1.16 bits per heavy atom. The van der Waals surface area contributed by atoms with Gasteiger partial charge in [0.2, 0.25) is 0 Å². The van der Waals surface area contributed by atoms with E-state index >= 15 is 0 Å². The van der Waals surface area contributed by atoms with Crippen molar-refractivity contribution in [3.8, 4) is 11.3 Å². The average Bonchev–Trinajstić information content (AvgIpc) is 2.39. The first-order chi connectivity index (χ1) is 9.06. The SMILES string of the molecule is CC(=O)c1nccc(-c2ccc(CC(C)C)cc2)n1. The molecule has 3 heteroatoms. The summed E-state index contributed by atoms with van der Waals surface area (Å²) in [5.74, 6) is 0.802. The smallest absolute Gasteiger partial charge is 0.196 e. The van der Waals surface area contributed by atoms with Gasteiger partial charge in [-0.2, -0.15) is 0 Å². The minimum atomic E-state index is -0.113. The summed E-state index contributed by atoms with van der Waals surface area (Å²) in [7, 11) is 0. The molecule has 0 amide bonds. The number of rotatable bonds is 4. The maximum absolute atomic E-state index is 11.3. The van der Waals surface area contributed by atoms with E-state index in [2.05, 4.69) is 35.9 Å². The van der Waals surface area contributed by atoms with Gasteiger partial charge in [-0.1, -0.05) is 38.1 Å². The van der Waals surface area contributed by atoms with Gasteiger partial charge >= 0.3 is 0 Å². The predicted molar refractivity (Wildman–Crippen MR) is 76.0 cm³/mol. The lowest BCUT2D eigenvalue weighted by molar-refractivity contribution is 0.100. The Bertz CT molecular complexity index is 574. The minimum absolute atomic E-state index is 0.113. The Labute approximate surface area is 113 Å². The minimum Gasteiger partial charge on any atom is -0.291 e. The number of hydrogen-bond donors (Lipinski definition) is 0. The molecule has 0 spiro atoms. The van der Waals surface area contributed by atoms with Crippen molar-refractivity contribution in [1.82, 2.24) is 9.97 Å². The van der Waals surface area contributed by atoms with Crippen molar-refractivity contribution >= 4 is 5.78 Å². The highest BCUT2D eigenvalue weighted by molar-refractivity contribution is 5.90. The monoisotopic (exact) mass is 254 g/mol. The lowest BCUT2D eigenvalue weighted by Crippen LogP contribution is -2.01. The van der Waals surface area contributed by atoms with Crippen LogP contribution in [0.25, 0.3) is 11.3 Å². The Morgan fingerprint density at radius 3 is 2.42 bits per heavy atom. The molecule has 2 aromatic rings. The first kappa shape index (κ1) is 13.4. The maximum atomic E-state index is 11.3. The van der Waals surface area contributed by atoms with Crippen molar-refractivity contribution in [1.29, 1.82) is 0 Å². The van der Waals surface area contributed by atoms with Crippen molar-refractivity contribution in [2.75, 3.05) is 0 Å². The number of nitrogens with zero attached hydrogens (tertiary/aromatic N) is 2. The van der Waals surface area contributed by atoms with Crippen molar-refractivity contribution in [3.63, 3.8) is 0 Å². The van der Waals surface area contributed by atoms with E-state index in [4.69, 9.17) is 0 Å². The molecule has 0 fully saturated rings. The van der Waals surface area contributed by atoms with Crippen LogP contribution < -0.4 is 0 Å². The van der Waals surface area contributed by atoms with Gasteiger partial charge in [-0.05, 0) is 24.0 Å². The molecule has 0 unspecified atom stereocenters. The number of Topliss-reactive ketones (excluding diaryl/α,β-unsaturated/α-hetero) is 1. The van der Waals surface area contributed by atoms with Crippen molar-refractivity contribution in [3.05, 3.63) is 47.9 Å². The fraction of sp³-hybridized carbons (Fsp3) is 0.312. The molecular formula is C16H18N2O. The predicted octanol–water partition coefficient (Wildman–Crippen LogP) is 3.54. The zero-order valence-electron chi connectivity index (χ0n) is 11.6. The molecule has 0 aliphatic carbocycles. The second-order valence-electron chi connectivity index (χ2n) is 5.12. The number of hydrogen-bond acceptors (Lipinski definition) is 3. The highest BCUT2D eigenvalue weighted by atomic mass is 16.1. The van der Waals surface area contributed by atoms with Gasteiger partial charge in [-0.15, -0.1) is 0 Å². The number of benzene rings is 1. The third kappa shape index (κ3) is 3.47. The zero-order valence-corrected chi connectivity index (χ0v) is 11.6. The van der Waals surface area contributed by atoms with Gasteiger partial charge in [0.05, 0.1) is 5.69 Å². The van der Waals surface area contributed by atoms with Crippen LogP contribution in [0.1, 0.15) is 37.0 Å². The molecule has 0 aliphatic rings. The van der Waals surface area contributed by atoms with Crippen molar-refractivity contribution in [2.45, 2.75) is 27.2 Å². The summed E-state index contributed by atoms with van der Waals surface area (Å²) >= 11 is 0. The van der Waals surface area contributed by atoms with Gasteiger partial charge in [0, 0.05) is 18.7 Å². The lowest BCUT2D eigenvalue weighted by atomic mass is 10.0. The van der Waals surface area contributed by atoms with Gasteiger partial charge in [0.25, 0.3) is 0 Å². The summed E-state index contributed by atoms with van der Waals surface area (Å²) in [6.07, 6.45) is 2.70. The largest absolute Gasteiger partial charge is 0.291 e. The fourth-order valence-electron chi connectivity index (χ4n) is 1.97. The summed E-state index contributed by atoms with van der Waals surface area (Å²) < 4.78 is 0. The van der Waals surface area contributed by atoms with Gasteiger partial charge < -0.3 is 0 Å². The normalized spacial score (nSPS) is 10.7. The molecule has 0 atom stereocenters. The lowest BCUT2D eigenvalue weighted by Gasteiger charge is -2.06. The van der Waals surface area contributed by atoms with Crippen LogP contribution in [0.15, 0.2) is 36.5 Å². The van der Waals surface area contributed by atoms with Gasteiger partial charge in [0.15, 0.2) is 11.6 Å². The summed E-state index contributed by atoms with van der Waals surface area (Å²) in [5.41, 5.74) is 3.12. The molecule has 19 heavy (non-hydrogen) atoms. The Kier molecular flexibility index (Phi) is 4.05. The van der Waals surface area contributed by atoms with Crippen LogP contribution in [-0.2, 0) is 6.42 Å². The maximum Gasteiger partial charge on any atom is 0.196 e. The Morgan fingerprint density at radius 2 is 1.84 bits per heavy atom. The zero-order chi connectivity index (χ0) is 13.8. The first-order valence-corrected chi connectivity index (χ1v) is 6.49. The molecule has 3 nitrogen and oxygen atoms in total. The molecule has 0 aliphatic heterocycles. The number of ketones is 1. The summed E-state index contributed by atoms with van der Waals surface area (Å²) in [6.45, 7) is 5.89. The van der Waals surface area contributed by atoms with Crippen LogP contribution in [0.4, 0.5) is 0 Å². The second kappa shape index (κ2) is 5.74. The molecule has 1 aromatic carbocycles. The standard InChI is InChI=1S/C16H18N2O/c1-11(2)10-13-4-6-14(7-5-13)15-8-9-17-16(18-15)12(3)19/h4-9,11H,10H2,1-3H3. The highest BCUT2D eigenvalue weighted by Crippen LogP contribution is 2.18. The van der Waals surface area contributed by atoms with E-state index in [0.717, 1.165) is 17.7 Å². The third-order valence-corrected chi connectivity index (χ3v) is 2.86. The van der Waals surface area contributed by atoms with E-state index in [1.54, 1.807) is 6.20 Å². The van der Waals surface area contributed by atoms with Crippen LogP contribution in [0.3, 0.4) is 0 Å². The molecule has 0 N–H and O–H groups in total. The van der Waals surface area contributed by atoms with Crippen LogP contribution in [0.2, 0.25) is 0 Å². The van der Waals surface area contributed by atoms with Crippen LogP contribution in [0.5, 0.6) is 0 Å². The number of carbonyl (C=O) groups is 1. The topological polar surface area (TPSA) is 42.9 Å². The van der Waals surface area contributed by atoms with E-state index in [-0.39, 0.29) is 11.6 Å². The van der Waals surface area contributed by atoms with E-state index < -0.39 is 0 Å². The van der Waals surface area contributed by atoms with Crippen LogP contribution >= 0.6 is 0 Å². The fourth-order valence-corrected chi connectivity index (χ4v) is 1.97.